The first kappa shape index (κ1) is 8.57. The van der Waals surface area contributed by atoms with Crippen LogP contribution in [0.2, 0.25) is 0 Å². The molecule has 0 N–H and O–H groups in total. The molecule has 0 aromatic rings. The molecule has 3 atom stereocenters. The first-order valence-electron chi connectivity index (χ1n) is 3.37. The zero-order chi connectivity index (χ0) is 8.65. The van der Waals surface area contributed by atoms with E-state index in [1.807, 2.05) is 0 Å². The predicted molar refractivity (Wildman–Crippen MR) is 41.3 cm³/mol. The van der Waals surface area contributed by atoms with Crippen LogP contribution in [0, 0.1) is 18.3 Å². The molecule has 0 saturated carbocycles. The monoisotopic (exact) mass is 174 g/mol. The lowest BCUT2D eigenvalue weighted by atomic mass is 10.0. The Labute approximate surface area is 66.9 Å². The van der Waals surface area contributed by atoms with Crippen LogP contribution in [0.5, 0.6) is 0 Å². The highest BCUT2D eigenvalue weighted by atomic mass is 32.2. The molecule has 1 fully saturated rings. The molecule has 1 aliphatic heterocycles. The van der Waals surface area contributed by atoms with Gasteiger partial charge < -0.3 is 0 Å². The van der Waals surface area contributed by atoms with Gasteiger partial charge in [-0.2, -0.15) is 8.42 Å². The largest absolute Gasteiger partial charge is 0.271 e. The molecular weight excluding hydrogens is 164 g/mol. The van der Waals surface area contributed by atoms with Crippen LogP contribution in [0.4, 0.5) is 0 Å². The maximum absolute atomic E-state index is 11.0. The maximum atomic E-state index is 11.0. The van der Waals surface area contributed by atoms with Gasteiger partial charge in [-0.15, -0.1) is 6.42 Å². The fraction of sp³-hybridized carbons (Fsp3) is 0.714. The van der Waals surface area contributed by atoms with Crippen LogP contribution >= 0.6 is 0 Å². The summed E-state index contributed by atoms with van der Waals surface area (Å²) in [5.41, 5.74) is 0. The van der Waals surface area contributed by atoms with Crippen LogP contribution in [0.1, 0.15) is 13.8 Å². The summed E-state index contributed by atoms with van der Waals surface area (Å²) in [6.45, 7) is 3.39. The summed E-state index contributed by atoms with van der Waals surface area (Å²) in [6.07, 6.45) is 4.49. The topological polar surface area (TPSA) is 43.4 Å². The molecule has 0 bridgehead atoms. The number of rotatable bonds is 0. The molecule has 0 radical (unpaired) electrons. The summed E-state index contributed by atoms with van der Waals surface area (Å²) < 4.78 is 26.7. The Hall–Kier alpha value is -0.530. The fourth-order valence-corrected chi connectivity index (χ4v) is 2.37. The van der Waals surface area contributed by atoms with Crippen LogP contribution in [0.25, 0.3) is 0 Å². The molecule has 1 heterocycles. The lowest BCUT2D eigenvalue weighted by Crippen LogP contribution is -2.18. The smallest absolute Gasteiger partial charge is 0.253 e. The fourth-order valence-electron chi connectivity index (χ4n) is 1.01. The van der Waals surface area contributed by atoms with E-state index in [4.69, 9.17) is 6.42 Å². The highest BCUT2D eigenvalue weighted by molar-refractivity contribution is 7.87. The van der Waals surface area contributed by atoms with Crippen molar-refractivity contribution in [1.82, 2.24) is 0 Å². The number of hydrogen-bond acceptors (Lipinski definition) is 3. The Morgan fingerprint density at radius 2 is 2.00 bits per heavy atom. The van der Waals surface area contributed by atoms with Gasteiger partial charge in [0.05, 0.1) is 5.25 Å². The molecule has 4 heteroatoms. The normalized spacial score (nSPS) is 41.7. The molecule has 1 saturated heterocycles. The summed E-state index contributed by atoms with van der Waals surface area (Å²) in [5, 5.41) is -0.483. The van der Waals surface area contributed by atoms with Gasteiger partial charge in [0.15, 0.2) is 0 Å². The molecule has 11 heavy (non-hydrogen) atoms. The van der Waals surface area contributed by atoms with Crippen molar-refractivity contribution >= 4 is 10.1 Å². The van der Waals surface area contributed by atoms with E-state index in [1.165, 1.54) is 0 Å². The Morgan fingerprint density at radius 1 is 1.45 bits per heavy atom. The van der Waals surface area contributed by atoms with E-state index in [2.05, 4.69) is 10.1 Å². The van der Waals surface area contributed by atoms with Crippen LogP contribution in [-0.2, 0) is 14.3 Å². The average molecular weight is 174 g/mol. The quantitative estimate of drug-likeness (QED) is 0.393. The maximum Gasteiger partial charge on any atom is 0.271 e. The highest BCUT2D eigenvalue weighted by Gasteiger charge is 2.42. The van der Waals surface area contributed by atoms with Crippen molar-refractivity contribution in [3.05, 3.63) is 0 Å². The molecule has 62 valence electrons. The minimum absolute atomic E-state index is 0.106. The third kappa shape index (κ3) is 1.26. The Morgan fingerprint density at radius 3 is 2.18 bits per heavy atom. The van der Waals surface area contributed by atoms with E-state index >= 15 is 0 Å². The minimum atomic E-state index is -3.38. The standard InChI is InChI=1S/C7H10O3S/c1-4-7-5(2)6(3)11(8,9)10-7/h1,5-7H,2-3H3. The molecule has 1 aliphatic rings. The Bertz CT molecular complexity index is 285. The van der Waals surface area contributed by atoms with Crippen molar-refractivity contribution in [2.75, 3.05) is 0 Å². The van der Waals surface area contributed by atoms with Gasteiger partial charge >= 0.3 is 0 Å². The van der Waals surface area contributed by atoms with E-state index in [1.54, 1.807) is 13.8 Å². The zero-order valence-electron chi connectivity index (χ0n) is 6.44. The van der Waals surface area contributed by atoms with Gasteiger partial charge in [0.25, 0.3) is 10.1 Å². The summed E-state index contributed by atoms with van der Waals surface area (Å²) in [4.78, 5) is 0. The van der Waals surface area contributed by atoms with E-state index in [0.29, 0.717) is 0 Å². The van der Waals surface area contributed by atoms with Crippen molar-refractivity contribution in [2.45, 2.75) is 25.2 Å². The van der Waals surface area contributed by atoms with Crippen LogP contribution < -0.4 is 0 Å². The molecule has 3 unspecified atom stereocenters. The molecule has 0 spiro atoms. The molecule has 0 amide bonds. The van der Waals surface area contributed by atoms with Gasteiger partial charge in [0.2, 0.25) is 0 Å². The molecule has 1 rings (SSSR count). The number of terminal acetylenes is 1. The van der Waals surface area contributed by atoms with E-state index in [0.717, 1.165) is 0 Å². The van der Waals surface area contributed by atoms with Crippen LogP contribution in [0.3, 0.4) is 0 Å². The predicted octanol–water partition coefficient (Wildman–Crippen LogP) is 0.373. The van der Waals surface area contributed by atoms with Crippen LogP contribution in [0.15, 0.2) is 0 Å². The third-order valence-electron chi connectivity index (χ3n) is 2.08. The second-order valence-corrected chi connectivity index (χ2v) is 4.66. The minimum Gasteiger partial charge on any atom is -0.253 e. The molecule has 0 aromatic carbocycles. The average Bonchev–Trinajstić information content (AvgIpc) is 2.13. The lowest BCUT2D eigenvalue weighted by molar-refractivity contribution is 0.253. The van der Waals surface area contributed by atoms with E-state index in [9.17, 15) is 8.42 Å². The van der Waals surface area contributed by atoms with Gasteiger partial charge in [-0.3, -0.25) is 4.18 Å². The van der Waals surface area contributed by atoms with Gasteiger partial charge in [0.1, 0.15) is 6.10 Å². The highest BCUT2D eigenvalue weighted by Crippen LogP contribution is 2.28. The number of hydrogen-bond donors (Lipinski definition) is 0. The van der Waals surface area contributed by atoms with Gasteiger partial charge in [-0.25, -0.2) is 0 Å². The van der Waals surface area contributed by atoms with E-state index in [-0.39, 0.29) is 5.92 Å². The van der Waals surface area contributed by atoms with Gasteiger partial charge in [-0.05, 0) is 6.92 Å². The zero-order valence-corrected chi connectivity index (χ0v) is 7.26. The van der Waals surface area contributed by atoms with Crippen molar-refractivity contribution in [1.29, 1.82) is 0 Å². The van der Waals surface area contributed by atoms with Gasteiger partial charge in [-0.1, -0.05) is 12.8 Å². The van der Waals surface area contributed by atoms with E-state index < -0.39 is 21.5 Å². The Balaban J connectivity index is 2.97. The summed E-state index contributed by atoms with van der Waals surface area (Å²) in [7, 11) is -3.38. The molecule has 0 aliphatic carbocycles. The second kappa shape index (κ2) is 2.50. The molecule has 3 nitrogen and oxygen atoms in total. The molecule has 0 aromatic heterocycles. The summed E-state index contributed by atoms with van der Waals surface area (Å²) in [6, 6.07) is 0. The Kier molecular flexibility index (Phi) is 1.95. The third-order valence-corrected chi connectivity index (χ3v) is 3.89. The van der Waals surface area contributed by atoms with Gasteiger partial charge in [0, 0.05) is 5.92 Å². The second-order valence-electron chi connectivity index (χ2n) is 2.74. The van der Waals surface area contributed by atoms with Crippen molar-refractivity contribution < 1.29 is 12.6 Å². The van der Waals surface area contributed by atoms with Crippen LogP contribution in [-0.4, -0.2) is 19.8 Å². The van der Waals surface area contributed by atoms with Crippen molar-refractivity contribution in [3.63, 3.8) is 0 Å². The first-order valence-corrected chi connectivity index (χ1v) is 4.84. The summed E-state index contributed by atoms with van der Waals surface area (Å²) in [5.74, 6) is 2.19. The molecular formula is C7H10O3S. The SMILES string of the molecule is C#CC1OS(=O)(=O)C(C)C1C. The summed E-state index contributed by atoms with van der Waals surface area (Å²) >= 11 is 0. The van der Waals surface area contributed by atoms with Crippen molar-refractivity contribution in [2.24, 2.45) is 5.92 Å². The first-order chi connectivity index (χ1) is 4.99. The lowest BCUT2D eigenvalue weighted by Gasteiger charge is -2.05. The van der Waals surface area contributed by atoms with Crippen molar-refractivity contribution in [3.8, 4) is 12.3 Å².